The quantitative estimate of drug-likeness (QED) is 0.666. The van der Waals surface area contributed by atoms with Crippen molar-refractivity contribution in [2.75, 3.05) is 20.3 Å². The summed E-state index contributed by atoms with van der Waals surface area (Å²) in [6.07, 6.45) is 1.90. The summed E-state index contributed by atoms with van der Waals surface area (Å²) in [7, 11) is 1.51. The molecule has 2 heterocycles. The highest BCUT2D eigenvalue weighted by molar-refractivity contribution is 5.82. The van der Waals surface area contributed by atoms with Gasteiger partial charge in [0.05, 0.1) is 29.8 Å². The molecule has 3 aromatic rings. The third-order valence-electron chi connectivity index (χ3n) is 5.21. The molecule has 1 atom stereocenters. The number of carbonyl (C=O) groups excluding carboxylic acids is 1. The van der Waals surface area contributed by atoms with E-state index in [4.69, 9.17) is 9.47 Å². The molecule has 8 nitrogen and oxygen atoms in total. The molecule has 30 heavy (non-hydrogen) atoms. The molecule has 1 aromatic heterocycles. The van der Waals surface area contributed by atoms with E-state index in [0.29, 0.717) is 35.5 Å². The van der Waals surface area contributed by atoms with E-state index in [-0.39, 0.29) is 18.6 Å². The predicted octanol–water partition coefficient (Wildman–Crippen LogP) is 1.46. The second kappa shape index (κ2) is 8.54. The van der Waals surface area contributed by atoms with Gasteiger partial charge in [-0.25, -0.2) is 9.36 Å². The van der Waals surface area contributed by atoms with Crippen LogP contribution in [-0.4, -0.2) is 41.4 Å². The SMILES string of the molecule is COc1cccc(-n2c(=O)c3ccccc3n(CC(=O)NC[C@H]3CCCO3)c2=O)c1. The molecule has 1 fully saturated rings. The van der Waals surface area contributed by atoms with Crippen molar-refractivity contribution in [2.45, 2.75) is 25.5 Å². The van der Waals surface area contributed by atoms with Crippen molar-refractivity contribution in [3.8, 4) is 11.4 Å². The van der Waals surface area contributed by atoms with E-state index in [9.17, 15) is 14.4 Å². The lowest BCUT2D eigenvalue weighted by Crippen LogP contribution is -2.42. The summed E-state index contributed by atoms with van der Waals surface area (Å²) in [6.45, 7) is 0.910. The second-order valence-electron chi connectivity index (χ2n) is 7.17. The molecule has 1 N–H and O–H groups in total. The normalized spacial score (nSPS) is 16.0. The monoisotopic (exact) mass is 409 g/mol. The topological polar surface area (TPSA) is 91.6 Å². The zero-order chi connectivity index (χ0) is 21.1. The Morgan fingerprint density at radius 3 is 2.80 bits per heavy atom. The molecule has 8 heteroatoms. The zero-order valence-electron chi connectivity index (χ0n) is 16.7. The van der Waals surface area contributed by atoms with Crippen LogP contribution in [0.15, 0.2) is 58.1 Å². The molecule has 0 spiro atoms. The minimum Gasteiger partial charge on any atom is -0.497 e. The number of nitrogens with zero attached hydrogens (tertiary/aromatic N) is 2. The third-order valence-corrected chi connectivity index (χ3v) is 5.21. The van der Waals surface area contributed by atoms with E-state index in [0.717, 1.165) is 17.4 Å². The number of methoxy groups -OCH3 is 1. The zero-order valence-corrected chi connectivity index (χ0v) is 16.7. The molecule has 1 aliphatic rings. The van der Waals surface area contributed by atoms with E-state index in [2.05, 4.69) is 5.32 Å². The van der Waals surface area contributed by atoms with Gasteiger partial charge < -0.3 is 14.8 Å². The van der Waals surface area contributed by atoms with Gasteiger partial charge in [0.2, 0.25) is 5.91 Å². The van der Waals surface area contributed by atoms with Crippen molar-refractivity contribution in [1.29, 1.82) is 0 Å². The molecular formula is C22H23N3O5. The fourth-order valence-corrected chi connectivity index (χ4v) is 3.68. The van der Waals surface area contributed by atoms with Crippen LogP contribution in [0, 0.1) is 0 Å². The molecule has 1 aliphatic heterocycles. The first-order valence-electron chi connectivity index (χ1n) is 9.86. The predicted molar refractivity (Wildman–Crippen MR) is 112 cm³/mol. The fraction of sp³-hybridized carbons (Fsp3) is 0.318. The van der Waals surface area contributed by atoms with Crippen molar-refractivity contribution in [1.82, 2.24) is 14.5 Å². The standard InChI is InChI=1S/C22H23N3O5/c1-29-16-7-4-6-15(12-16)25-21(27)18-9-2-3-10-19(18)24(22(25)28)14-20(26)23-13-17-8-5-11-30-17/h2-4,6-7,9-10,12,17H,5,8,11,13-14H2,1H3,(H,23,26)/t17-/m1/s1. The Bertz CT molecular complexity index is 1190. The first-order chi connectivity index (χ1) is 14.6. The van der Waals surface area contributed by atoms with Crippen LogP contribution in [0.2, 0.25) is 0 Å². The minimum absolute atomic E-state index is 0.00755. The average Bonchev–Trinajstić information content (AvgIpc) is 3.29. The number of carbonyl (C=O) groups is 1. The van der Waals surface area contributed by atoms with Crippen molar-refractivity contribution in [3.63, 3.8) is 0 Å². The number of fused-ring (bicyclic) bond motifs is 1. The Balaban J connectivity index is 1.75. The molecule has 0 bridgehead atoms. The minimum atomic E-state index is -0.584. The summed E-state index contributed by atoms with van der Waals surface area (Å²) in [4.78, 5) is 38.9. The Hall–Kier alpha value is -3.39. The van der Waals surface area contributed by atoms with Gasteiger partial charge in [-0.1, -0.05) is 18.2 Å². The summed E-state index contributed by atoms with van der Waals surface area (Å²) in [5, 5.41) is 3.18. The van der Waals surface area contributed by atoms with Gasteiger partial charge in [0.15, 0.2) is 0 Å². The van der Waals surface area contributed by atoms with Crippen LogP contribution in [0.3, 0.4) is 0 Å². The van der Waals surface area contributed by atoms with Gasteiger partial charge in [0.1, 0.15) is 12.3 Å². The maximum absolute atomic E-state index is 13.3. The molecule has 2 aromatic carbocycles. The first-order valence-corrected chi connectivity index (χ1v) is 9.86. The fourth-order valence-electron chi connectivity index (χ4n) is 3.68. The number of para-hydroxylation sites is 1. The number of amides is 1. The number of benzene rings is 2. The molecule has 0 saturated carbocycles. The maximum atomic E-state index is 13.3. The first kappa shape index (κ1) is 19.9. The Labute approximate surface area is 172 Å². The van der Waals surface area contributed by atoms with Gasteiger partial charge in [-0.2, -0.15) is 0 Å². The van der Waals surface area contributed by atoms with Crippen molar-refractivity contribution >= 4 is 16.8 Å². The molecule has 4 rings (SSSR count). The van der Waals surface area contributed by atoms with Gasteiger partial charge in [-0.05, 0) is 37.1 Å². The average molecular weight is 409 g/mol. The number of hydrogen-bond acceptors (Lipinski definition) is 5. The van der Waals surface area contributed by atoms with E-state index >= 15 is 0 Å². The molecule has 1 amide bonds. The van der Waals surface area contributed by atoms with Crippen LogP contribution in [0.5, 0.6) is 5.75 Å². The summed E-state index contributed by atoms with van der Waals surface area (Å²) in [6, 6.07) is 13.5. The lowest BCUT2D eigenvalue weighted by atomic mass is 10.2. The number of nitrogens with one attached hydrogen (secondary N) is 1. The maximum Gasteiger partial charge on any atom is 0.336 e. The van der Waals surface area contributed by atoms with Gasteiger partial charge >= 0.3 is 5.69 Å². The van der Waals surface area contributed by atoms with E-state index in [1.54, 1.807) is 48.5 Å². The molecule has 0 aliphatic carbocycles. The van der Waals surface area contributed by atoms with Crippen molar-refractivity contribution < 1.29 is 14.3 Å². The summed E-state index contributed by atoms with van der Waals surface area (Å²) in [5.41, 5.74) is -0.235. The van der Waals surface area contributed by atoms with Gasteiger partial charge in [0, 0.05) is 19.2 Å². The molecular weight excluding hydrogens is 386 g/mol. The van der Waals surface area contributed by atoms with Crippen molar-refractivity contribution in [2.24, 2.45) is 0 Å². The van der Waals surface area contributed by atoms with E-state index < -0.39 is 11.2 Å². The number of rotatable bonds is 6. The van der Waals surface area contributed by atoms with E-state index in [1.807, 2.05) is 0 Å². The second-order valence-corrected chi connectivity index (χ2v) is 7.17. The third kappa shape index (κ3) is 3.86. The number of hydrogen-bond donors (Lipinski definition) is 1. The highest BCUT2D eigenvalue weighted by Crippen LogP contribution is 2.16. The Morgan fingerprint density at radius 1 is 1.20 bits per heavy atom. The molecule has 156 valence electrons. The highest BCUT2D eigenvalue weighted by atomic mass is 16.5. The lowest BCUT2D eigenvalue weighted by Gasteiger charge is -2.15. The Morgan fingerprint density at radius 2 is 2.03 bits per heavy atom. The smallest absolute Gasteiger partial charge is 0.336 e. The van der Waals surface area contributed by atoms with E-state index in [1.165, 1.54) is 11.7 Å². The van der Waals surface area contributed by atoms with Gasteiger partial charge in [-0.15, -0.1) is 0 Å². The number of ether oxygens (including phenoxy) is 2. The molecule has 0 radical (unpaired) electrons. The van der Waals surface area contributed by atoms with Crippen LogP contribution in [-0.2, 0) is 16.1 Å². The summed E-state index contributed by atoms with van der Waals surface area (Å²) in [5.74, 6) is 0.210. The van der Waals surface area contributed by atoms with Gasteiger partial charge in [0.25, 0.3) is 5.56 Å². The van der Waals surface area contributed by atoms with Crippen LogP contribution in [0.25, 0.3) is 16.6 Å². The molecule has 1 saturated heterocycles. The highest BCUT2D eigenvalue weighted by Gasteiger charge is 2.19. The summed E-state index contributed by atoms with van der Waals surface area (Å²) >= 11 is 0. The Kier molecular flexibility index (Phi) is 5.67. The van der Waals surface area contributed by atoms with Crippen LogP contribution >= 0.6 is 0 Å². The summed E-state index contributed by atoms with van der Waals surface area (Å²) < 4.78 is 13.1. The van der Waals surface area contributed by atoms with Crippen LogP contribution in [0.4, 0.5) is 0 Å². The van der Waals surface area contributed by atoms with Crippen LogP contribution < -0.4 is 21.3 Å². The van der Waals surface area contributed by atoms with Gasteiger partial charge in [-0.3, -0.25) is 14.2 Å². The van der Waals surface area contributed by atoms with Crippen molar-refractivity contribution in [3.05, 3.63) is 69.4 Å². The lowest BCUT2D eigenvalue weighted by molar-refractivity contribution is -0.122. The number of aromatic nitrogens is 2. The van der Waals surface area contributed by atoms with Crippen LogP contribution in [0.1, 0.15) is 12.8 Å². The molecule has 0 unspecified atom stereocenters. The largest absolute Gasteiger partial charge is 0.497 e.